The minimum absolute atomic E-state index is 0.737. The van der Waals surface area contributed by atoms with Crippen molar-refractivity contribution in [3.05, 3.63) is 59.2 Å². The van der Waals surface area contributed by atoms with E-state index in [-0.39, 0.29) is 0 Å². The topological polar surface area (TPSA) is 50.9 Å². The van der Waals surface area contributed by atoms with Gasteiger partial charge in [0.05, 0.1) is 11.2 Å². The fourth-order valence-electron chi connectivity index (χ4n) is 2.01. The summed E-state index contributed by atoms with van der Waals surface area (Å²) < 4.78 is 0.973. The van der Waals surface area contributed by atoms with Crippen molar-refractivity contribution in [2.45, 2.75) is 0 Å². The van der Waals surface area contributed by atoms with Crippen LogP contribution in [0.1, 0.15) is 0 Å². The Bertz CT molecular complexity index is 740. The Kier molecular flexibility index (Phi) is 3.09. The molecular formula is C15H12BrN3. The number of nitrogens with zero attached hydrogens (tertiary/aromatic N) is 1. The summed E-state index contributed by atoms with van der Waals surface area (Å²) in [6.07, 6.45) is 1.80. The fourth-order valence-corrected chi connectivity index (χ4v) is 2.36. The monoisotopic (exact) mass is 313 g/mol. The maximum Gasteiger partial charge on any atom is 0.0937 e. The van der Waals surface area contributed by atoms with Crippen LogP contribution >= 0.6 is 15.9 Å². The minimum Gasteiger partial charge on any atom is -0.399 e. The molecule has 0 atom stereocenters. The van der Waals surface area contributed by atoms with Gasteiger partial charge in [-0.2, -0.15) is 0 Å². The summed E-state index contributed by atoms with van der Waals surface area (Å²) in [7, 11) is 0. The van der Waals surface area contributed by atoms with Crippen molar-refractivity contribution >= 4 is 43.9 Å². The summed E-state index contributed by atoms with van der Waals surface area (Å²) in [4.78, 5) is 4.46. The molecule has 1 heterocycles. The van der Waals surface area contributed by atoms with Crippen molar-refractivity contribution in [3.8, 4) is 0 Å². The Balaban J connectivity index is 2.06. The SMILES string of the molecule is Nc1cccc(Nc2cccc3cc(Br)cnc23)c1. The fraction of sp³-hybridized carbons (Fsp3) is 0. The Morgan fingerprint density at radius 2 is 1.89 bits per heavy atom. The summed E-state index contributed by atoms with van der Waals surface area (Å²) in [6, 6.07) is 15.8. The highest BCUT2D eigenvalue weighted by molar-refractivity contribution is 9.10. The number of halogens is 1. The van der Waals surface area contributed by atoms with Gasteiger partial charge in [-0.25, -0.2) is 0 Å². The van der Waals surface area contributed by atoms with Crippen LogP contribution in [0, 0.1) is 0 Å². The number of hydrogen-bond donors (Lipinski definition) is 2. The zero-order valence-electron chi connectivity index (χ0n) is 10.1. The highest BCUT2D eigenvalue weighted by Gasteiger charge is 2.03. The molecule has 0 aliphatic carbocycles. The number of nitrogens with two attached hydrogens (primary N) is 1. The maximum atomic E-state index is 5.78. The lowest BCUT2D eigenvalue weighted by Gasteiger charge is -2.09. The third kappa shape index (κ3) is 2.53. The molecule has 3 N–H and O–H groups in total. The first kappa shape index (κ1) is 12.0. The maximum absolute atomic E-state index is 5.78. The van der Waals surface area contributed by atoms with Crippen LogP contribution < -0.4 is 11.1 Å². The highest BCUT2D eigenvalue weighted by Crippen LogP contribution is 2.27. The number of benzene rings is 2. The summed E-state index contributed by atoms with van der Waals surface area (Å²) in [5.74, 6) is 0. The molecule has 0 fully saturated rings. The van der Waals surface area contributed by atoms with Crippen LogP contribution in [0.5, 0.6) is 0 Å². The van der Waals surface area contributed by atoms with E-state index in [4.69, 9.17) is 5.73 Å². The van der Waals surface area contributed by atoms with E-state index in [2.05, 4.69) is 26.2 Å². The third-order valence-electron chi connectivity index (χ3n) is 2.84. The molecule has 0 saturated heterocycles. The standard InChI is InChI=1S/C15H12BrN3/c16-11-7-10-3-1-6-14(15(10)18-9-11)19-13-5-2-4-12(17)8-13/h1-9,19H,17H2. The van der Waals surface area contributed by atoms with Gasteiger partial charge in [-0.1, -0.05) is 18.2 Å². The molecule has 3 aromatic rings. The molecule has 2 aromatic carbocycles. The normalized spacial score (nSPS) is 10.6. The first-order chi connectivity index (χ1) is 9.22. The number of nitrogens with one attached hydrogen (secondary N) is 1. The van der Waals surface area contributed by atoms with Crippen molar-refractivity contribution in [2.75, 3.05) is 11.1 Å². The van der Waals surface area contributed by atoms with E-state index < -0.39 is 0 Å². The van der Waals surface area contributed by atoms with Gasteiger partial charge in [0.2, 0.25) is 0 Å². The molecule has 94 valence electrons. The lowest BCUT2D eigenvalue weighted by molar-refractivity contribution is 1.38. The van der Waals surface area contributed by atoms with Gasteiger partial charge in [-0.05, 0) is 46.3 Å². The average Bonchev–Trinajstić information content (AvgIpc) is 2.38. The van der Waals surface area contributed by atoms with E-state index in [1.165, 1.54) is 0 Å². The second-order valence-corrected chi connectivity index (χ2v) is 5.20. The van der Waals surface area contributed by atoms with Crippen LogP contribution in [0.25, 0.3) is 10.9 Å². The number of hydrogen-bond acceptors (Lipinski definition) is 3. The number of anilines is 3. The number of aromatic nitrogens is 1. The lowest BCUT2D eigenvalue weighted by atomic mass is 10.2. The van der Waals surface area contributed by atoms with Crippen LogP contribution in [-0.4, -0.2) is 4.98 Å². The molecule has 0 aliphatic rings. The zero-order chi connectivity index (χ0) is 13.2. The van der Waals surface area contributed by atoms with Crippen LogP contribution in [-0.2, 0) is 0 Å². The quantitative estimate of drug-likeness (QED) is 0.693. The average molecular weight is 314 g/mol. The Morgan fingerprint density at radius 1 is 1.05 bits per heavy atom. The molecule has 0 radical (unpaired) electrons. The molecule has 0 spiro atoms. The molecule has 0 saturated carbocycles. The van der Waals surface area contributed by atoms with Crippen molar-refractivity contribution in [3.63, 3.8) is 0 Å². The van der Waals surface area contributed by atoms with Crippen molar-refractivity contribution in [1.82, 2.24) is 4.98 Å². The molecule has 3 nitrogen and oxygen atoms in total. The predicted molar refractivity (Wildman–Crippen MR) is 83.6 cm³/mol. The second kappa shape index (κ2) is 4.90. The van der Waals surface area contributed by atoms with Crippen LogP contribution in [0.2, 0.25) is 0 Å². The number of nitrogen functional groups attached to an aromatic ring is 1. The van der Waals surface area contributed by atoms with Gasteiger partial charge in [-0.3, -0.25) is 4.98 Å². The largest absolute Gasteiger partial charge is 0.399 e. The number of pyridine rings is 1. The summed E-state index contributed by atoms with van der Waals surface area (Å²) in [6.45, 7) is 0. The second-order valence-electron chi connectivity index (χ2n) is 4.28. The molecule has 0 amide bonds. The van der Waals surface area contributed by atoms with Gasteiger partial charge in [0.25, 0.3) is 0 Å². The van der Waals surface area contributed by atoms with Gasteiger partial charge >= 0.3 is 0 Å². The van der Waals surface area contributed by atoms with Crippen LogP contribution in [0.3, 0.4) is 0 Å². The number of para-hydroxylation sites is 1. The van der Waals surface area contributed by atoms with Gasteiger partial charge in [-0.15, -0.1) is 0 Å². The van der Waals surface area contributed by atoms with Gasteiger partial charge in [0, 0.05) is 27.4 Å². The van der Waals surface area contributed by atoms with E-state index in [0.29, 0.717) is 0 Å². The lowest BCUT2D eigenvalue weighted by Crippen LogP contribution is -1.94. The van der Waals surface area contributed by atoms with Crippen molar-refractivity contribution in [1.29, 1.82) is 0 Å². The van der Waals surface area contributed by atoms with Gasteiger partial charge in [0.15, 0.2) is 0 Å². The van der Waals surface area contributed by atoms with Crippen molar-refractivity contribution in [2.24, 2.45) is 0 Å². The first-order valence-electron chi connectivity index (χ1n) is 5.89. The van der Waals surface area contributed by atoms with Crippen LogP contribution in [0.4, 0.5) is 17.1 Å². The summed E-state index contributed by atoms with van der Waals surface area (Å²) >= 11 is 3.43. The van der Waals surface area contributed by atoms with Crippen molar-refractivity contribution < 1.29 is 0 Å². The molecule has 0 bridgehead atoms. The van der Waals surface area contributed by atoms with Crippen LogP contribution in [0.15, 0.2) is 59.2 Å². The Labute approximate surface area is 119 Å². The van der Waals surface area contributed by atoms with E-state index in [0.717, 1.165) is 32.4 Å². The Morgan fingerprint density at radius 3 is 2.74 bits per heavy atom. The number of rotatable bonds is 2. The zero-order valence-corrected chi connectivity index (χ0v) is 11.7. The minimum atomic E-state index is 0.737. The Hall–Kier alpha value is -2.07. The van der Waals surface area contributed by atoms with Gasteiger partial charge < -0.3 is 11.1 Å². The molecule has 0 aliphatic heterocycles. The molecule has 19 heavy (non-hydrogen) atoms. The smallest absolute Gasteiger partial charge is 0.0937 e. The third-order valence-corrected chi connectivity index (χ3v) is 3.28. The molecule has 4 heteroatoms. The highest BCUT2D eigenvalue weighted by atomic mass is 79.9. The molecule has 3 rings (SSSR count). The van der Waals surface area contributed by atoms with E-state index in [1.54, 1.807) is 6.20 Å². The van der Waals surface area contributed by atoms with Gasteiger partial charge in [0.1, 0.15) is 0 Å². The number of fused-ring (bicyclic) bond motifs is 1. The molecule has 0 unspecified atom stereocenters. The molecule has 1 aromatic heterocycles. The summed E-state index contributed by atoms with van der Waals surface area (Å²) in [5, 5.41) is 4.44. The molecular weight excluding hydrogens is 302 g/mol. The first-order valence-corrected chi connectivity index (χ1v) is 6.68. The predicted octanol–water partition coefficient (Wildman–Crippen LogP) is 4.32. The van der Waals surface area contributed by atoms with E-state index >= 15 is 0 Å². The van der Waals surface area contributed by atoms with E-state index in [9.17, 15) is 0 Å². The van der Waals surface area contributed by atoms with E-state index in [1.807, 2.05) is 48.5 Å². The summed E-state index contributed by atoms with van der Waals surface area (Å²) in [5.41, 5.74) is 9.38.